The Balaban J connectivity index is 1.93. The van der Waals surface area contributed by atoms with Crippen LogP contribution in [0.1, 0.15) is 38.4 Å². The third kappa shape index (κ3) is 5.08. The molecule has 0 aliphatic carbocycles. The Hall–Kier alpha value is -1.85. The number of non-ortho nitro benzene ring substituents is 1. The number of benzene rings is 1. The molecule has 0 spiro atoms. The molecule has 2 rings (SSSR count). The summed E-state index contributed by atoms with van der Waals surface area (Å²) in [6.07, 6.45) is 4.91. The zero-order valence-corrected chi connectivity index (χ0v) is 13.9. The Morgan fingerprint density at radius 2 is 2.04 bits per heavy atom. The number of nitrogens with one attached hydrogen (secondary N) is 1. The summed E-state index contributed by atoms with van der Waals surface area (Å²) in [5.41, 5.74) is 0.630. The molecule has 0 unspecified atom stereocenters. The first kappa shape index (κ1) is 17.5. The van der Waals surface area contributed by atoms with Gasteiger partial charge in [0.15, 0.2) is 0 Å². The molecule has 0 radical (unpaired) electrons. The first-order valence-electron chi connectivity index (χ1n) is 7.85. The van der Waals surface area contributed by atoms with Gasteiger partial charge in [-0.3, -0.25) is 10.1 Å². The topological polar surface area (TPSA) is 68.3 Å². The van der Waals surface area contributed by atoms with Crippen LogP contribution in [-0.2, 0) is 6.54 Å². The normalized spacial score (nSPS) is 10.9. The molecule has 0 aliphatic rings. The molecular weight excluding hydrogens is 316 g/mol. The lowest BCUT2D eigenvalue weighted by molar-refractivity contribution is -0.384. The summed E-state index contributed by atoms with van der Waals surface area (Å²) in [4.78, 5) is 10.3. The summed E-state index contributed by atoms with van der Waals surface area (Å²) < 4.78 is 5.76. The van der Waals surface area contributed by atoms with Gasteiger partial charge in [-0.05, 0) is 31.2 Å². The first-order valence-corrected chi connectivity index (χ1v) is 8.23. The van der Waals surface area contributed by atoms with Gasteiger partial charge in [-0.15, -0.1) is 0 Å². The monoisotopic (exact) mass is 336 g/mol. The fourth-order valence-corrected chi connectivity index (χ4v) is 2.59. The van der Waals surface area contributed by atoms with Crippen LogP contribution in [0.4, 0.5) is 5.69 Å². The number of hydrogen-bond donors (Lipinski definition) is 1. The first-order chi connectivity index (χ1) is 11.1. The van der Waals surface area contributed by atoms with Crippen LogP contribution in [0.5, 0.6) is 0 Å². The predicted octanol–water partition coefficient (Wildman–Crippen LogP) is 5.18. The van der Waals surface area contributed by atoms with Gasteiger partial charge in [-0.2, -0.15) is 0 Å². The van der Waals surface area contributed by atoms with Gasteiger partial charge >= 0.3 is 0 Å². The molecule has 2 aromatic rings. The summed E-state index contributed by atoms with van der Waals surface area (Å²) in [5, 5.41) is 14.4. The molecule has 0 fully saturated rings. The van der Waals surface area contributed by atoms with E-state index in [0.717, 1.165) is 18.7 Å². The van der Waals surface area contributed by atoms with Crippen LogP contribution >= 0.6 is 11.6 Å². The van der Waals surface area contributed by atoms with E-state index in [4.69, 9.17) is 16.0 Å². The zero-order chi connectivity index (χ0) is 16.7. The Bertz CT molecular complexity index is 655. The Labute approximate surface area is 140 Å². The fourth-order valence-electron chi connectivity index (χ4n) is 2.32. The highest BCUT2D eigenvalue weighted by Gasteiger charge is 2.13. The largest absolute Gasteiger partial charge is 0.460 e. The third-order valence-electron chi connectivity index (χ3n) is 3.60. The molecule has 124 valence electrons. The van der Waals surface area contributed by atoms with Crippen molar-refractivity contribution in [1.82, 2.24) is 5.32 Å². The molecule has 1 N–H and O–H groups in total. The number of furan rings is 1. The van der Waals surface area contributed by atoms with Crippen LogP contribution in [0.2, 0.25) is 5.02 Å². The second-order valence-corrected chi connectivity index (χ2v) is 5.83. The number of nitro benzene ring substituents is 1. The van der Waals surface area contributed by atoms with Crippen molar-refractivity contribution in [3.8, 4) is 11.3 Å². The van der Waals surface area contributed by atoms with Crippen LogP contribution in [0.25, 0.3) is 11.3 Å². The van der Waals surface area contributed by atoms with Gasteiger partial charge < -0.3 is 9.73 Å². The minimum atomic E-state index is -0.467. The summed E-state index contributed by atoms with van der Waals surface area (Å²) in [5.74, 6) is 1.44. The standard InChI is InChI=1S/C17H21ClN2O3/c1-2-3-4-5-10-19-12-14-7-9-17(23-14)15-8-6-13(20(21)22)11-16(15)18/h6-9,11,19H,2-5,10,12H2,1H3. The molecule has 0 bridgehead atoms. The summed E-state index contributed by atoms with van der Waals surface area (Å²) >= 11 is 6.11. The van der Waals surface area contributed by atoms with Crippen molar-refractivity contribution in [2.75, 3.05) is 6.54 Å². The molecule has 6 heteroatoms. The van der Waals surface area contributed by atoms with Gasteiger partial charge in [0.1, 0.15) is 11.5 Å². The Morgan fingerprint density at radius 1 is 1.22 bits per heavy atom. The SMILES string of the molecule is CCCCCCNCc1ccc(-c2ccc([N+](=O)[O-])cc2Cl)o1. The van der Waals surface area contributed by atoms with E-state index < -0.39 is 4.92 Å². The number of halogens is 1. The van der Waals surface area contributed by atoms with Crippen LogP contribution in [0, 0.1) is 10.1 Å². The van der Waals surface area contributed by atoms with Crippen LogP contribution < -0.4 is 5.32 Å². The predicted molar refractivity (Wildman–Crippen MR) is 91.7 cm³/mol. The summed E-state index contributed by atoms with van der Waals surface area (Å²) in [7, 11) is 0. The average molecular weight is 337 g/mol. The quantitative estimate of drug-likeness (QED) is 0.389. The summed E-state index contributed by atoms with van der Waals surface area (Å²) in [6.45, 7) is 3.83. The minimum absolute atomic E-state index is 0.0284. The number of rotatable bonds is 9. The fraction of sp³-hybridized carbons (Fsp3) is 0.412. The van der Waals surface area contributed by atoms with Gasteiger partial charge in [0.05, 0.1) is 16.5 Å². The molecule has 23 heavy (non-hydrogen) atoms. The molecule has 0 saturated heterocycles. The molecule has 0 amide bonds. The van der Waals surface area contributed by atoms with E-state index >= 15 is 0 Å². The Kier molecular flexibility index (Phi) is 6.62. The van der Waals surface area contributed by atoms with Gasteiger partial charge in [0.2, 0.25) is 0 Å². The Morgan fingerprint density at radius 3 is 2.74 bits per heavy atom. The highest BCUT2D eigenvalue weighted by Crippen LogP contribution is 2.32. The van der Waals surface area contributed by atoms with E-state index in [9.17, 15) is 10.1 Å². The van der Waals surface area contributed by atoms with E-state index in [1.807, 2.05) is 12.1 Å². The molecule has 1 heterocycles. The highest BCUT2D eigenvalue weighted by molar-refractivity contribution is 6.33. The second kappa shape index (κ2) is 8.70. The summed E-state index contributed by atoms with van der Waals surface area (Å²) in [6, 6.07) is 8.11. The minimum Gasteiger partial charge on any atom is -0.460 e. The zero-order valence-electron chi connectivity index (χ0n) is 13.2. The maximum Gasteiger partial charge on any atom is 0.270 e. The maximum atomic E-state index is 10.7. The molecule has 0 atom stereocenters. The van der Waals surface area contributed by atoms with E-state index in [1.54, 1.807) is 6.07 Å². The maximum absolute atomic E-state index is 10.7. The number of nitrogens with zero attached hydrogens (tertiary/aromatic N) is 1. The molecule has 0 saturated carbocycles. The second-order valence-electron chi connectivity index (χ2n) is 5.42. The van der Waals surface area contributed by atoms with Crippen molar-refractivity contribution in [3.05, 3.63) is 51.2 Å². The van der Waals surface area contributed by atoms with E-state index in [-0.39, 0.29) is 5.69 Å². The van der Waals surface area contributed by atoms with Crippen LogP contribution in [-0.4, -0.2) is 11.5 Å². The number of unbranched alkanes of at least 4 members (excludes halogenated alkanes) is 3. The van der Waals surface area contributed by atoms with Crippen molar-refractivity contribution in [2.45, 2.75) is 39.2 Å². The third-order valence-corrected chi connectivity index (χ3v) is 3.91. The van der Waals surface area contributed by atoms with Crippen LogP contribution in [0.3, 0.4) is 0 Å². The lowest BCUT2D eigenvalue weighted by Gasteiger charge is -2.03. The number of nitro groups is 1. The van der Waals surface area contributed by atoms with Crippen molar-refractivity contribution in [1.29, 1.82) is 0 Å². The average Bonchev–Trinajstić information content (AvgIpc) is 2.99. The van der Waals surface area contributed by atoms with Gasteiger partial charge in [0, 0.05) is 17.7 Å². The van der Waals surface area contributed by atoms with Crippen molar-refractivity contribution >= 4 is 17.3 Å². The van der Waals surface area contributed by atoms with Gasteiger partial charge in [-0.25, -0.2) is 0 Å². The van der Waals surface area contributed by atoms with Crippen molar-refractivity contribution < 1.29 is 9.34 Å². The van der Waals surface area contributed by atoms with Gasteiger partial charge in [-0.1, -0.05) is 37.8 Å². The van der Waals surface area contributed by atoms with Gasteiger partial charge in [0.25, 0.3) is 5.69 Å². The lowest BCUT2D eigenvalue weighted by atomic mass is 10.1. The molecular formula is C17H21ClN2O3. The van der Waals surface area contributed by atoms with Crippen LogP contribution in [0.15, 0.2) is 34.7 Å². The molecule has 5 nitrogen and oxygen atoms in total. The molecule has 1 aromatic carbocycles. The van der Waals surface area contributed by atoms with Crippen molar-refractivity contribution in [3.63, 3.8) is 0 Å². The smallest absolute Gasteiger partial charge is 0.270 e. The van der Waals surface area contributed by atoms with Crippen molar-refractivity contribution in [2.24, 2.45) is 0 Å². The van der Waals surface area contributed by atoms with E-state index in [0.29, 0.717) is 22.9 Å². The van der Waals surface area contributed by atoms with E-state index in [1.165, 1.54) is 31.4 Å². The number of hydrogen-bond acceptors (Lipinski definition) is 4. The highest BCUT2D eigenvalue weighted by atomic mass is 35.5. The molecule has 1 aromatic heterocycles. The van der Waals surface area contributed by atoms with E-state index in [2.05, 4.69) is 12.2 Å². The lowest BCUT2D eigenvalue weighted by Crippen LogP contribution is -2.14. The molecule has 0 aliphatic heterocycles.